The predicted octanol–water partition coefficient (Wildman–Crippen LogP) is 0.729. The normalized spacial score (nSPS) is 24.2. The summed E-state index contributed by atoms with van der Waals surface area (Å²) in [5.74, 6) is 0.211. The molecule has 0 radical (unpaired) electrons. The van der Waals surface area contributed by atoms with Crippen molar-refractivity contribution in [3.8, 4) is 0 Å². The summed E-state index contributed by atoms with van der Waals surface area (Å²) in [6.45, 7) is 2.90. The highest BCUT2D eigenvalue weighted by atomic mass is 16.1. The Morgan fingerprint density at radius 1 is 1.41 bits per heavy atom. The van der Waals surface area contributed by atoms with Gasteiger partial charge in [-0.15, -0.1) is 0 Å². The Kier molecular flexibility index (Phi) is 4.80. The van der Waals surface area contributed by atoms with Crippen LogP contribution in [0.1, 0.15) is 38.5 Å². The Morgan fingerprint density at radius 3 is 2.88 bits per heavy atom. The van der Waals surface area contributed by atoms with E-state index >= 15 is 0 Å². The van der Waals surface area contributed by atoms with Crippen molar-refractivity contribution in [2.75, 3.05) is 26.7 Å². The SMILES string of the molecule is CN(CCNC(=O)CCC1CCCN1)C1CC1. The van der Waals surface area contributed by atoms with Crippen LogP contribution >= 0.6 is 0 Å². The first-order valence-electron chi connectivity index (χ1n) is 6.96. The maximum absolute atomic E-state index is 11.6. The first-order valence-corrected chi connectivity index (χ1v) is 6.96. The van der Waals surface area contributed by atoms with Crippen molar-refractivity contribution < 1.29 is 4.79 Å². The molecule has 2 aliphatic rings. The standard InChI is InChI=1S/C13H25N3O/c1-16(12-5-6-12)10-9-15-13(17)7-4-11-3-2-8-14-11/h11-12,14H,2-10H2,1H3,(H,15,17). The van der Waals surface area contributed by atoms with Crippen LogP contribution < -0.4 is 10.6 Å². The Bertz CT molecular complexity index is 247. The van der Waals surface area contributed by atoms with Crippen molar-refractivity contribution in [3.63, 3.8) is 0 Å². The van der Waals surface area contributed by atoms with Gasteiger partial charge < -0.3 is 15.5 Å². The molecule has 2 fully saturated rings. The first kappa shape index (κ1) is 12.8. The average molecular weight is 239 g/mol. The number of nitrogens with zero attached hydrogens (tertiary/aromatic N) is 1. The number of hydrogen-bond acceptors (Lipinski definition) is 3. The van der Waals surface area contributed by atoms with Gasteiger partial charge in [0.25, 0.3) is 0 Å². The van der Waals surface area contributed by atoms with Gasteiger partial charge in [-0.2, -0.15) is 0 Å². The van der Waals surface area contributed by atoms with Gasteiger partial charge in [0.05, 0.1) is 0 Å². The van der Waals surface area contributed by atoms with Crippen molar-refractivity contribution in [2.24, 2.45) is 0 Å². The predicted molar refractivity (Wildman–Crippen MR) is 68.9 cm³/mol. The number of amides is 1. The zero-order valence-corrected chi connectivity index (χ0v) is 10.9. The van der Waals surface area contributed by atoms with Crippen LogP contribution in [0.15, 0.2) is 0 Å². The zero-order valence-electron chi connectivity index (χ0n) is 10.9. The number of carbonyl (C=O) groups excluding carboxylic acids is 1. The average Bonchev–Trinajstić information content (AvgIpc) is 3.04. The quantitative estimate of drug-likeness (QED) is 0.688. The monoisotopic (exact) mass is 239 g/mol. The topological polar surface area (TPSA) is 44.4 Å². The highest BCUT2D eigenvalue weighted by Crippen LogP contribution is 2.24. The van der Waals surface area contributed by atoms with Crippen LogP contribution in [0.5, 0.6) is 0 Å². The molecule has 1 heterocycles. The first-order chi connectivity index (χ1) is 8.25. The van der Waals surface area contributed by atoms with Crippen molar-refractivity contribution in [1.29, 1.82) is 0 Å². The maximum Gasteiger partial charge on any atom is 0.220 e. The van der Waals surface area contributed by atoms with Crippen LogP contribution in [0, 0.1) is 0 Å². The molecule has 2 rings (SSSR count). The molecular formula is C13H25N3O. The van der Waals surface area contributed by atoms with Crippen LogP contribution in [0.4, 0.5) is 0 Å². The molecule has 98 valence electrons. The molecule has 1 saturated heterocycles. The minimum atomic E-state index is 0.211. The number of hydrogen-bond donors (Lipinski definition) is 2. The van der Waals surface area contributed by atoms with Crippen molar-refractivity contribution >= 4 is 5.91 Å². The van der Waals surface area contributed by atoms with E-state index in [-0.39, 0.29) is 5.91 Å². The summed E-state index contributed by atoms with van der Waals surface area (Å²) in [6, 6.07) is 1.37. The number of nitrogens with one attached hydrogen (secondary N) is 2. The van der Waals surface area contributed by atoms with E-state index in [4.69, 9.17) is 0 Å². The van der Waals surface area contributed by atoms with Gasteiger partial charge in [-0.3, -0.25) is 4.79 Å². The molecule has 0 aromatic rings. The van der Waals surface area contributed by atoms with Crippen LogP contribution in [-0.4, -0.2) is 49.6 Å². The second-order valence-corrected chi connectivity index (χ2v) is 5.39. The van der Waals surface area contributed by atoms with Gasteiger partial charge in [0, 0.05) is 31.6 Å². The molecular weight excluding hydrogens is 214 g/mol. The van der Waals surface area contributed by atoms with Gasteiger partial charge >= 0.3 is 0 Å². The van der Waals surface area contributed by atoms with Crippen LogP contribution in [0.2, 0.25) is 0 Å². The van der Waals surface area contributed by atoms with Gasteiger partial charge in [-0.25, -0.2) is 0 Å². The summed E-state index contributed by atoms with van der Waals surface area (Å²) >= 11 is 0. The molecule has 0 aromatic heterocycles. The molecule has 2 N–H and O–H groups in total. The third kappa shape index (κ3) is 4.64. The molecule has 0 aromatic carbocycles. The van der Waals surface area contributed by atoms with E-state index < -0.39 is 0 Å². The molecule has 4 heteroatoms. The van der Waals surface area contributed by atoms with Gasteiger partial charge in [-0.05, 0) is 45.7 Å². The maximum atomic E-state index is 11.6. The zero-order chi connectivity index (χ0) is 12.1. The summed E-state index contributed by atoms with van der Waals surface area (Å²) in [5, 5.41) is 6.43. The van der Waals surface area contributed by atoms with Gasteiger partial charge in [0.15, 0.2) is 0 Å². The molecule has 1 saturated carbocycles. The van der Waals surface area contributed by atoms with E-state index in [0.29, 0.717) is 12.5 Å². The van der Waals surface area contributed by atoms with E-state index in [1.165, 1.54) is 25.7 Å². The third-order valence-corrected chi connectivity index (χ3v) is 3.84. The summed E-state index contributed by atoms with van der Waals surface area (Å²) in [6.07, 6.45) is 6.82. The fourth-order valence-corrected chi connectivity index (χ4v) is 2.47. The molecule has 4 nitrogen and oxygen atoms in total. The lowest BCUT2D eigenvalue weighted by Crippen LogP contribution is -2.34. The minimum absolute atomic E-state index is 0.211. The highest BCUT2D eigenvalue weighted by molar-refractivity contribution is 5.75. The van der Waals surface area contributed by atoms with Gasteiger partial charge in [0.1, 0.15) is 0 Å². The summed E-state index contributed by atoms with van der Waals surface area (Å²) in [7, 11) is 2.15. The lowest BCUT2D eigenvalue weighted by atomic mass is 10.1. The second kappa shape index (κ2) is 6.36. The molecule has 1 unspecified atom stereocenters. The molecule has 1 aliphatic carbocycles. The van der Waals surface area contributed by atoms with E-state index in [1.54, 1.807) is 0 Å². The summed E-state index contributed by atoms with van der Waals surface area (Å²) in [4.78, 5) is 14.0. The third-order valence-electron chi connectivity index (χ3n) is 3.84. The summed E-state index contributed by atoms with van der Waals surface area (Å²) < 4.78 is 0. The Hall–Kier alpha value is -0.610. The van der Waals surface area contributed by atoms with E-state index in [9.17, 15) is 4.79 Å². The molecule has 0 spiro atoms. The molecule has 17 heavy (non-hydrogen) atoms. The van der Waals surface area contributed by atoms with Crippen LogP contribution in [-0.2, 0) is 4.79 Å². The van der Waals surface area contributed by atoms with E-state index in [1.807, 2.05) is 0 Å². The lowest BCUT2D eigenvalue weighted by Gasteiger charge is -2.16. The summed E-state index contributed by atoms with van der Waals surface area (Å²) in [5.41, 5.74) is 0. The molecule has 0 bridgehead atoms. The second-order valence-electron chi connectivity index (χ2n) is 5.39. The largest absolute Gasteiger partial charge is 0.355 e. The molecule has 1 atom stereocenters. The minimum Gasteiger partial charge on any atom is -0.355 e. The van der Waals surface area contributed by atoms with E-state index in [0.717, 1.165) is 32.1 Å². The molecule has 1 aliphatic heterocycles. The van der Waals surface area contributed by atoms with E-state index in [2.05, 4.69) is 22.6 Å². The number of likely N-dealkylation sites (N-methyl/N-ethyl adjacent to an activating group) is 1. The van der Waals surface area contributed by atoms with Crippen molar-refractivity contribution in [3.05, 3.63) is 0 Å². The van der Waals surface area contributed by atoms with Gasteiger partial charge in [0.2, 0.25) is 5.91 Å². The Morgan fingerprint density at radius 2 is 2.24 bits per heavy atom. The smallest absolute Gasteiger partial charge is 0.220 e. The fraction of sp³-hybridized carbons (Fsp3) is 0.923. The Labute approximate surface area is 104 Å². The van der Waals surface area contributed by atoms with Crippen molar-refractivity contribution in [1.82, 2.24) is 15.5 Å². The van der Waals surface area contributed by atoms with Crippen LogP contribution in [0.25, 0.3) is 0 Å². The Balaban J connectivity index is 1.48. The van der Waals surface area contributed by atoms with Gasteiger partial charge in [-0.1, -0.05) is 0 Å². The molecule has 1 amide bonds. The number of carbonyl (C=O) groups is 1. The fourth-order valence-electron chi connectivity index (χ4n) is 2.47. The lowest BCUT2D eigenvalue weighted by molar-refractivity contribution is -0.121. The van der Waals surface area contributed by atoms with Crippen LogP contribution in [0.3, 0.4) is 0 Å². The highest BCUT2D eigenvalue weighted by Gasteiger charge is 2.25. The number of rotatable bonds is 7. The van der Waals surface area contributed by atoms with Crippen molar-refractivity contribution in [2.45, 2.75) is 50.6 Å².